The summed E-state index contributed by atoms with van der Waals surface area (Å²) in [4.78, 5) is 3.70. The maximum atomic E-state index is 6.19. The Morgan fingerprint density at radius 2 is 1.74 bits per heavy atom. The summed E-state index contributed by atoms with van der Waals surface area (Å²) in [5.41, 5.74) is 1.94. The molecule has 1 fully saturated rings. The summed E-state index contributed by atoms with van der Waals surface area (Å²) in [7, 11) is 0. The number of benzene rings is 2. The Kier molecular flexibility index (Phi) is 3.92. The van der Waals surface area contributed by atoms with Crippen molar-refractivity contribution in [3.63, 3.8) is 0 Å². The molecule has 2 nitrogen and oxygen atoms in total. The fourth-order valence-corrected chi connectivity index (χ4v) is 3.48. The van der Waals surface area contributed by atoms with Gasteiger partial charge in [-0.2, -0.15) is 0 Å². The van der Waals surface area contributed by atoms with Crippen LogP contribution in [0.25, 0.3) is 22.3 Å². The van der Waals surface area contributed by atoms with E-state index in [2.05, 4.69) is 23.2 Å². The highest BCUT2D eigenvalue weighted by molar-refractivity contribution is 6.31. The molecule has 0 bridgehead atoms. The van der Waals surface area contributed by atoms with Crippen LogP contribution in [0.3, 0.4) is 0 Å². The molecule has 1 aromatic heterocycles. The van der Waals surface area contributed by atoms with Crippen molar-refractivity contribution in [1.82, 2.24) is 0 Å². The lowest BCUT2D eigenvalue weighted by Gasteiger charge is -2.04. The topological polar surface area (TPSA) is 27.1 Å². The van der Waals surface area contributed by atoms with Crippen molar-refractivity contribution < 1.29 is 9.41 Å². The molecule has 116 valence electrons. The Morgan fingerprint density at radius 3 is 2.52 bits per heavy atom. The van der Waals surface area contributed by atoms with Crippen molar-refractivity contribution in [2.45, 2.75) is 31.7 Å². The highest BCUT2D eigenvalue weighted by Gasteiger charge is 2.19. The lowest BCUT2D eigenvalue weighted by molar-refractivity contribution is -0.540. The number of halogens is 1. The molecule has 0 amide bonds. The SMILES string of the molecule is Clc1ccc2oc(-c3ccccc3)cc(=[NH+]C3CCCC3)c2c1. The van der Waals surface area contributed by atoms with Crippen LogP contribution >= 0.6 is 11.6 Å². The molecule has 23 heavy (non-hydrogen) atoms. The van der Waals surface area contributed by atoms with Gasteiger partial charge in [0.1, 0.15) is 11.3 Å². The first kappa shape index (κ1) is 14.5. The summed E-state index contributed by atoms with van der Waals surface area (Å²) >= 11 is 6.19. The minimum atomic E-state index is 0.545. The first-order chi connectivity index (χ1) is 11.3. The molecule has 3 aromatic rings. The second kappa shape index (κ2) is 6.21. The molecule has 1 heterocycles. The Labute approximate surface area is 140 Å². The van der Waals surface area contributed by atoms with Crippen LogP contribution in [0, 0.1) is 0 Å². The van der Waals surface area contributed by atoms with Gasteiger partial charge in [-0.15, -0.1) is 0 Å². The lowest BCUT2D eigenvalue weighted by Crippen LogP contribution is -2.82. The Balaban J connectivity index is 1.95. The van der Waals surface area contributed by atoms with E-state index in [9.17, 15) is 0 Å². The zero-order valence-corrected chi connectivity index (χ0v) is 13.6. The molecular weight excluding hydrogens is 306 g/mol. The van der Waals surface area contributed by atoms with Gasteiger partial charge in [0.05, 0.1) is 11.5 Å². The molecule has 2 aromatic carbocycles. The first-order valence-electron chi connectivity index (χ1n) is 8.18. The van der Waals surface area contributed by atoms with Gasteiger partial charge in [-0.3, -0.25) is 0 Å². The Morgan fingerprint density at radius 1 is 0.957 bits per heavy atom. The van der Waals surface area contributed by atoms with Crippen molar-refractivity contribution >= 4 is 22.6 Å². The van der Waals surface area contributed by atoms with Crippen LogP contribution in [-0.2, 0) is 0 Å². The van der Waals surface area contributed by atoms with Gasteiger partial charge in [0, 0.05) is 23.4 Å². The van der Waals surface area contributed by atoms with Crippen molar-refractivity contribution in [2.75, 3.05) is 0 Å². The predicted octanol–water partition coefficient (Wildman–Crippen LogP) is 3.68. The highest BCUT2D eigenvalue weighted by Crippen LogP contribution is 2.23. The van der Waals surface area contributed by atoms with Gasteiger partial charge >= 0.3 is 0 Å². The van der Waals surface area contributed by atoms with E-state index in [1.165, 1.54) is 25.7 Å². The zero-order chi connectivity index (χ0) is 15.6. The summed E-state index contributed by atoms with van der Waals surface area (Å²) in [6, 6.07) is 18.7. The quantitative estimate of drug-likeness (QED) is 0.765. The molecule has 0 aliphatic heterocycles. The second-order valence-electron chi connectivity index (χ2n) is 6.16. The van der Waals surface area contributed by atoms with Crippen LogP contribution in [0.4, 0.5) is 0 Å². The van der Waals surface area contributed by atoms with Gasteiger partial charge in [0.2, 0.25) is 5.36 Å². The molecule has 0 saturated heterocycles. The summed E-state index contributed by atoms with van der Waals surface area (Å²) in [6.45, 7) is 0. The lowest BCUT2D eigenvalue weighted by atomic mass is 10.1. The number of hydrogen-bond donors (Lipinski definition) is 1. The third-order valence-corrected chi connectivity index (χ3v) is 4.74. The van der Waals surface area contributed by atoms with Crippen molar-refractivity contribution in [2.24, 2.45) is 0 Å². The minimum Gasteiger partial charge on any atom is -0.456 e. The average molecular weight is 325 g/mol. The maximum absolute atomic E-state index is 6.19. The smallest absolute Gasteiger partial charge is 0.213 e. The minimum absolute atomic E-state index is 0.545. The first-order valence-corrected chi connectivity index (χ1v) is 8.56. The van der Waals surface area contributed by atoms with Crippen LogP contribution in [0.1, 0.15) is 25.7 Å². The summed E-state index contributed by atoms with van der Waals surface area (Å²) in [5.74, 6) is 0.876. The van der Waals surface area contributed by atoms with Crippen LogP contribution in [0.15, 0.2) is 59.0 Å². The van der Waals surface area contributed by atoms with Gasteiger partial charge in [0.15, 0.2) is 6.04 Å². The van der Waals surface area contributed by atoms with Gasteiger partial charge < -0.3 is 4.42 Å². The van der Waals surface area contributed by atoms with E-state index in [0.717, 1.165) is 32.7 Å². The van der Waals surface area contributed by atoms with E-state index >= 15 is 0 Å². The van der Waals surface area contributed by atoms with Gasteiger partial charge in [-0.25, -0.2) is 4.99 Å². The van der Waals surface area contributed by atoms with E-state index < -0.39 is 0 Å². The second-order valence-corrected chi connectivity index (χ2v) is 6.59. The molecule has 0 unspecified atom stereocenters. The number of hydrogen-bond acceptors (Lipinski definition) is 1. The van der Waals surface area contributed by atoms with Crippen LogP contribution < -0.4 is 10.3 Å². The molecule has 1 saturated carbocycles. The van der Waals surface area contributed by atoms with Gasteiger partial charge in [-0.1, -0.05) is 41.9 Å². The monoisotopic (exact) mass is 324 g/mol. The maximum Gasteiger partial charge on any atom is 0.213 e. The van der Waals surface area contributed by atoms with Crippen molar-refractivity contribution in [1.29, 1.82) is 0 Å². The Bertz CT molecular complexity index is 892. The summed E-state index contributed by atoms with van der Waals surface area (Å²) in [6.07, 6.45) is 5.07. The van der Waals surface area contributed by atoms with Crippen LogP contribution in [0.2, 0.25) is 5.02 Å². The normalized spacial score (nSPS) is 16.3. The molecular formula is C20H19ClNO+. The molecule has 0 spiro atoms. The molecule has 1 aliphatic rings. The van der Waals surface area contributed by atoms with Crippen molar-refractivity contribution in [3.05, 3.63) is 65.0 Å². The average Bonchev–Trinajstić information content (AvgIpc) is 3.09. The summed E-state index contributed by atoms with van der Waals surface area (Å²) < 4.78 is 6.11. The summed E-state index contributed by atoms with van der Waals surface area (Å²) in [5, 5.41) is 2.89. The largest absolute Gasteiger partial charge is 0.456 e. The van der Waals surface area contributed by atoms with Crippen LogP contribution in [-0.4, -0.2) is 6.04 Å². The van der Waals surface area contributed by atoms with E-state index in [1.807, 2.05) is 36.4 Å². The zero-order valence-electron chi connectivity index (χ0n) is 12.9. The molecule has 4 rings (SSSR count). The fourth-order valence-electron chi connectivity index (χ4n) is 3.31. The van der Waals surface area contributed by atoms with E-state index in [0.29, 0.717) is 6.04 Å². The molecule has 3 heteroatoms. The number of fused-ring (bicyclic) bond motifs is 1. The standard InChI is InChI=1S/C20H18ClNO/c21-15-10-11-19-17(12-15)18(22-16-8-4-5-9-16)13-20(23-19)14-6-2-1-3-7-14/h1-3,6-7,10-13,16H,4-5,8-9H2/p+1. The molecule has 1 aliphatic carbocycles. The van der Waals surface area contributed by atoms with Crippen molar-refractivity contribution in [3.8, 4) is 11.3 Å². The molecule has 0 radical (unpaired) electrons. The Hall–Kier alpha value is -2.06. The third kappa shape index (κ3) is 3.04. The van der Waals surface area contributed by atoms with Gasteiger partial charge in [0.25, 0.3) is 0 Å². The predicted molar refractivity (Wildman–Crippen MR) is 93.0 cm³/mol. The number of nitrogens with one attached hydrogen (secondary N) is 1. The highest BCUT2D eigenvalue weighted by atomic mass is 35.5. The molecule has 1 N–H and O–H groups in total. The van der Waals surface area contributed by atoms with E-state index in [1.54, 1.807) is 0 Å². The van der Waals surface area contributed by atoms with Gasteiger partial charge in [-0.05, 0) is 31.0 Å². The van der Waals surface area contributed by atoms with Crippen LogP contribution in [0.5, 0.6) is 0 Å². The third-order valence-electron chi connectivity index (χ3n) is 4.50. The fraction of sp³-hybridized carbons (Fsp3) is 0.250. The number of rotatable bonds is 2. The van der Waals surface area contributed by atoms with E-state index in [4.69, 9.17) is 16.0 Å². The molecule has 0 atom stereocenters. The van der Waals surface area contributed by atoms with E-state index in [-0.39, 0.29) is 0 Å².